The summed E-state index contributed by atoms with van der Waals surface area (Å²) in [6.45, 7) is 7.51. The number of hydrogen-bond donors (Lipinski definition) is 1. The second kappa shape index (κ2) is 7.47. The van der Waals surface area contributed by atoms with Crippen molar-refractivity contribution in [1.82, 2.24) is 10.2 Å². The molecule has 1 atom stereocenters. The molecule has 1 heterocycles. The lowest BCUT2D eigenvalue weighted by atomic mass is 9.95. The van der Waals surface area contributed by atoms with E-state index in [1.54, 1.807) is 0 Å². The number of nitrogens with one attached hydrogen (secondary N) is 1. The summed E-state index contributed by atoms with van der Waals surface area (Å²) < 4.78 is 37.9. The van der Waals surface area contributed by atoms with Crippen LogP contribution in [0.1, 0.15) is 49.8 Å². The molecule has 0 unspecified atom stereocenters. The normalized spacial score (nSPS) is 18.6. The molecule has 124 valence electrons. The predicted molar refractivity (Wildman–Crippen MR) is 83.0 cm³/mol. The summed E-state index contributed by atoms with van der Waals surface area (Å²) in [5.41, 5.74) is 2.22. The van der Waals surface area contributed by atoms with Crippen LogP contribution in [0.25, 0.3) is 0 Å². The van der Waals surface area contributed by atoms with Gasteiger partial charge < -0.3 is 5.32 Å². The third-order valence-electron chi connectivity index (χ3n) is 4.28. The van der Waals surface area contributed by atoms with Crippen molar-refractivity contribution in [2.75, 3.05) is 26.2 Å². The van der Waals surface area contributed by atoms with Crippen LogP contribution in [0, 0.1) is 0 Å². The zero-order valence-electron chi connectivity index (χ0n) is 13.3. The largest absolute Gasteiger partial charge is 0.389 e. The first-order valence-electron chi connectivity index (χ1n) is 7.98. The molecule has 22 heavy (non-hydrogen) atoms. The second-order valence-corrected chi connectivity index (χ2v) is 6.28. The van der Waals surface area contributed by atoms with Gasteiger partial charge in [0.05, 0.1) is 0 Å². The molecule has 2 nitrogen and oxygen atoms in total. The van der Waals surface area contributed by atoms with E-state index in [0.717, 1.165) is 31.7 Å². The molecule has 5 heteroatoms. The van der Waals surface area contributed by atoms with E-state index in [9.17, 15) is 13.2 Å². The van der Waals surface area contributed by atoms with E-state index in [-0.39, 0.29) is 12.5 Å². The Kier molecular flexibility index (Phi) is 5.87. The molecule has 1 aromatic rings. The second-order valence-electron chi connectivity index (χ2n) is 6.28. The molecule has 0 bridgehead atoms. The molecule has 2 rings (SSSR count). The molecule has 0 radical (unpaired) electrons. The first-order valence-corrected chi connectivity index (χ1v) is 7.98. The van der Waals surface area contributed by atoms with Gasteiger partial charge in [-0.15, -0.1) is 0 Å². The molecule has 0 aromatic heterocycles. The highest BCUT2D eigenvalue weighted by molar-refractivity contribution is 5.27. The topological polar surface area (TPSA) is 15.3 Å². The Bertz CT molecular complexity index is 448. The Labute approximate surface area is 130 Å². The lowest BCUT2D eigenvalue weighted by Crippen LogP contribution is -2.45. The van der Waals surface area contributed by atoms with Crippen LogP contribution in [-0.4, -0.2) is 37.3 Å². The van der Waals surface area contributed by atoms with Gasteiger partial charge in [0.1, 0.15) is 0 Å². The summed E-state index contributed by atoms with van der Waals surface area (Å²) in [5, 5.41) is 3.25. The van der Waals surface area contributed by atoms with E-state index in [0.29, 0.717) is 5.92 Å². The van der Waals surface area contributed by atoms with Gasteiger partial charge in [0.15, 0.2) is 0 Å². The molecule has 1 fully saturated rings. The summed E-state index contributed by atoms with van der Waals surface area (Å²) in [7, 11) is 0. The fraction of sp³-hybridized carbons (Fsp3) is 0.647. The third-order valence-corrected chi connectivity index (χ3v) is 4.28. The molecule has 1 aromatic carbocycles. The average Bonchev–Trinajstić information content (AvgIpc) is 2.48. The van der Waals surface area contributed by atoms with Crippen LogP contribution in [0.2, 0.25) is 0 Å². The van der Waals surface area contributed by atoms with Gasteiger partial charge in [-0.25, -0.2) is 0 Å². The molecule has 0 saturated carbocycles. The van der Waals surface area contributed by atoms with Gasteiger partial charge in [0.2, 0.25) is 0 Å². The van der Waals surface area contributed by atoms with Crippen molar-refractivity contribution in [3.63, 3.8) is 0 Å². The molecule has 0 amide bonds. The monoisotopic (exact) mass is 314 g/mol. The number of piperazine rings is 1. The molecule has 1 saturated heterocycles. The van der Waals surface area contributed by atoms with E-state index in [2.05, 4.69) is 24.1 Å². The Morgan fingerprint density at radius 1 is 1.05 bits per heavy atom. The van der Waals surface area contributed by atoms with E-state index in [1.807, 2.05) is 24.3 Å². The molecule has 1 N–H and O–H groups in total. The quantitative estimate of drug-likeness (QED) is 0.880. The summed E-state index contributed by atoms with van der Waals surface area (Å²) in [6, 6.07) is 7.94. The van der Waals surface area contributed by atoms with Crippen LogP contribution >= 0.6 is 0 Å². The minimum Gasteiger partial charge on any atom is -0.314 e. The lowest BCUT2D eigenvalue weighted by molar-refractivity contribution is -0.138. The molecule has 0 aliphatic carbocycles. The number of benzene rings is 1. The van der Waals surface area contributed by atoms with Crippen LogP contribution in [0.15, 0.2) is 24.3 Å². The Morgan fingerprint density at radius 3 is 2.09 bits per heavy atom. The highest BCUT2D eigenvalue weighted by Crippen LogP contribution is 2.32. The van der Waals surface area contributed by atoms with Crippen molar-refractivity contribution >= 4 is 0 Å². The molecular formula is C17H25F3N2. The highest BCUT2D eigenvalue weighted by Gasteiger charge is 2.31. The van der Waals surface area contributed by atoms with Crippen LogP contribution in [0.5, 0.6) is 0 Å². The van der Waals surface area contributed by atoms with Crippen molar-refractivity contribution in [2.24, 2.45) is 0 Å². The highest BCUT2D eigenvalue weighted by atomic mass is 19.4. The summed E-state index contributed by atoms with van der Waals surface area (Å²) in [6.07, 6.45) is -4.69. The van der Waals surface area contributed by atoms with E-state index >= 15 is 0 Å². The lowest BCUT2D eigenvalue weighted by Gasteiger charge is -2.35. The van der Waals surface area contributed by atoms with Crippen molar-refractivity contribution in [2.45, 2.75) is 44.8 Å². The maximum absolute atomic E-state index is 12.6. The Balaban J connectivity index is 2.14. The molecule has 1 aliphatic heterocycles. The van der Waals surface area contributed by atoms with E-state index in [1.165, 1.54) is 5.56 Å². The fourth-order valence-corrected chi connectivity index (χ4v) is 2.96. The van der Waals surface area contributed by atoms with Gasteiger partial charge in [-0.1, -0.05) is 38.1 Å². The maximum Gasteiger partial charge on any atom is 0.389 e. The zero-order chi connectivity index (χ0) is 16.2. The number of hydrogen-bond acceptors (Lipinski definition) is 2. The van der Waals surface area contributed by atoms with Gasteiger partial charge in [0.25, 0.3) is 0 Å². The van der Waals surface area contributed by atoms with E-state index in [4.69, 9.17) is 0 Å². The van der Waals surface area contributed by atoms with Gasteiger partial charge in [-0.3, -0.25) is 4.90 Å². The zero-order valence-corrected chi connectivity index (χ0v) is 13.3. The minimum atomic E-state index is -4.09. The first kappa shape index (κ1) is 17.3. The van der Waals surface area contributed by atoms with Crippen molar-refractivity contribution in [3.8, 4) is 0 Å². The first-order chi connectivity index (χ1) is 10.4. The smallest absolute Gasteiger partial charge is 0.314 e. The molecule has 1 aliphatic rings. The van der Waals surface area contributed by atoms with E-state index < -0.39 is 12.6 Å². The number of halogens is 3. The SMILES string of the molecule is CC(C)c1ccc([C@@H](CCC(F)(F)F)N2CCNCC2)cc1. The number of rotatable bonds is 5. The molecular weight excluding hydrogens is 289 g/mol. The Hall–Kier alpha value is -1.07. The molecule has 0 spiro atoms. The van der Waals surface area contributed by atoms with Crippen LogP contribution in [-0.2, 0) is 0 Å². The summed E-state index contributed by atoms with van der Waals surface area (Å²) in [4.78, 5) is 2.17. The summed E-state index contributed by atoms with van der Waals surface area (Å²) in [5.74, 6) is 0.432. The van der Waals surface area contributed by atoms with Crippen LogP contribution < -0.4 is 5.32 Å². The van der Waals surface area contributed by atoms with Gasteiger partial charge in [-0.2, -0.15) is 13.2 Å². The fourth-order valence-electron chi connectivity index (χ4n) is 2.96. The average molecular weight is 314 g/mol. The van der Waals surface area contributed by atoms with Gasteiger partial charge in [0, 0.05) is 38.6 Å². The minimum absolute atomic E-state index is 0.129. The van der Waals surface area contributed by atoms with Crippen LogP contribution in [0.4, 0.5) is 13.2 Å². The van der Waals surface area contributed by atoms with Gasteiger partial charge in [-0.05, 0) is 23.5 Å². The third kappa shape index (κ3) is 4.99. The van der Waals surface area contributed by atoms with Crippen LogP contribution in [0.3, 0.4) is 0 Å². The number of nitrogens with zero attached hydrogens (tertiary/aromatic N) is 1. The van der Waals surface area contributed by atoms with Crippen molar-refractivity contribution < 1.29 is 13.2 Å². The van der Waals surface area contributed by atoms with Crippen molar-refractivity contribution in [3.05, 3.63) is 35.4 Å². The predicted octanol–water partition coefficient (Wildman–Crippen LogP) is 4.10. The Morgan fingerprint density at radius 2 is 1.59 bits per heavy atom. The maximum atomic E-state index is 12.6. The van der Waals surface area contributed by atoms with Crippen molar-refractivity contribution in [1.29, 1.82) is 0 Å². The van der Waals surface area contributed by atoms with Gasteiger partial charge >= 0.3 is 6.18 Å². The standard InChI is InChI=1S/C17H25F3N2/c1-13(2)14-3-5-15(6-4-14)16(7-8-17(18,19)20)22-11-9-21-10-12-22/h3-6,13,16,21H,7-12H2,1-2H3/t16-/m1/s1. The summed E-state index contributed by atoms with van der Waals surface area (Å²) >= 11 is 0. The number of alkyl halides is 3.